The fraction of sp³-hybridized carbons (Fsp3) is 0.588. The van der Waals surface area contributed by atoms with E-state index in [9.17, 15) is 4.79 Å². The Labute approximate surface area is 127 Å². The van der Waals surface area contributed by atoms with Crippen molar-refractivity contribution < 1.29 is 4.79 Å². The zero-order valence-electron chi connectivity index (χ0n) is 13.2. The van der Waals surface area contributed by atoms with Crippen LogP contribution in [-0.2, 0) is 6.42 Å². The predicted octanol–water partition coefficient (Wildman–Crippen LogP) is 1.60. The summed E-state index contributed by atoms with van der Waals surface area (Å²) < 4.78 is 0. The van der Waals surface area contributed by atoms with E-state index in [-0.39, 0.29) is 5.91 Å². The van der Waals surface area contributed by atoms with Crippen LogP contribution in [0, 0.1) is 5.92 Å². The molecule has 1 aromatic rings. The van der Waals surface area contributed by atoms with Crippen LogP contribution < -0.4 is 5.73 Å². The summed E-state index contributed by atoms with van der Waals surface area (Å²) in [5.74, 6) is 0.879. The number of hydrogen-bond donors (Lipinski definition) is 1. The van der Waals surface area contributed by atoms with E-state index < -0.39 is 0 Å². The van der Waals surface area contributed by atoms with Gasteiger partial charge >= 0.3 is 0 Å². The normalized spacial score (nSPS) is 16.5. The number of hydrogen-bond acceptors (Lipinski definition) is 3. The van der Waals surface area contributed by atoms with Gasteiger partial charge in [-0.2, -0.15) is 0 Å². The summed E-state index contributed by atoms with van der Waals surface area (Å²) in [6, 6.07) is 7.89. The van der Waals surface area contributed by atoms with Crippen LogP contribution in [0.3, 0.4) is 0 Å². The number of carbonyl (C=O) groups is 1. The van der Waals surface area contributed by atoms with Crippen molar-refractivity contribution in [2.24, 2.45) is 11.7 Å². The molecule has 4 nitrogen and oxygen atoms in total. The lowest BCUT2D eigenvalue weighted by atomic mass is 9.95. The fourth-order valence-electron chi connectivity index (χ4n) is 3.04. The van der Waals surface area contributed by atoms with E-state index in [0.29, 0.717) is 12.5 Å². The van der Waals surface area contributed by atoms with Crippen LogP contribution in [0.25, 0.3) is 0 Å². The molecule has 116 valence electrons. The molecule has 0 bridgehead atoms. The molecule has 2 N–H and O–H groups in total. The van der Waals surface area contributed by atoms with Gasteiger partial charge < -0.3 is 15.5 Å². The SMILES string of the molecule is CN(C)CC1CCN(C(=O)c2cccc(CCN)c2)CC1. The monoisotopic (exact) mass is 289 g/mol. The Morgan fingerprint density at radius 2 is 2.05 bits per heavy atom. The molecular formula is C17H27N3O. The van der Waals surface area contributed by atoms with Crippen molar-refractivity contribution in [3.05, 3.63) is 35.4 Å². The maximum Gasteiger partial charge on any atom is 0.253 e. The molecular weight excluding hydrogens is 262 g/mol. The summed E-state index contributed by atoms with van der Waals surface area (Å²) >= 11 is 0. The van der Waals surface area contributed by atoms with E-state index >= 15 is 0 Å². The first-order chi connectivity index (χ1) is 10.1. The molecule has 1 aliphatic heterocycles. The van der Waals surface area contributed by atoms with E-state index in [2.05, 4.69) is 19.0 Å². The maximum absolute atomic E-state index is 12.6. The van der Waals surface area contributed by atoms with Gasteiger partial charge in [-0.15, -0.1) is 0 Å². The van der Waals surface area contributed by atoms with Crippen LogP contribution in [0.5, 0.6) is 0 Å². The Morgan fingerprint density at radius 1 is 1.33 bits per heavy atom. The Kier molecular flexibility index (Phi) is 5.76. The average molecular weight is 289 g/mol. The molecule has 0 radical (unpaired) electrons. The van der Waals surface area contributed by atoms with Crippen LogP contribution in [0.15, 0.2) is 24.3 Å². The topological polar surface area (TPSA) is 49.6 Å². The number of amides is 1. The average Bonchev–Trinajstić information content (AvgIpc) is 2.47. The molecule has 1 fully saturated rings. The lowest BCUT2D eigenvalue weighted by Crippen LogP contribution is -2.40. The number of carbonyl (C=O) groups excluding carboxylic acids is 1. The number of rotatable bonds is 5. The van der Waals surface area contributed by atoms with Crippen molar-refractivity contribution >= 4 is 5.91 Å². The molecule has 1 aromatic carbocycles. The first-order valence-electron chi connectivity index (χ1n) is 7.83. The molecule has 0 spiro atoms. The van der Waals surface area contributed by atoms with E-state index in [4.69, 9.17) is 5.73 Å². The van der Waals surface area contributed by atoms with E-state index in [0.717, 1.165) is 50.0 Å². The molecule has 0 aromatic heterocycles. The van der Waals surface area contributed by atoms with Gasteiger partial charge in [0.25, 0.3) is 5.91 Å². The minimum atomic E-state index is 0.164. The molecule has 0 unspecified atom stereocenters. The third kappa shape index (κ3) is 4.55. The molecule has 1 aliphatic rings. The van der Waals surface area contributed by atoms with Crippen LogP contribution in [0.2, 0.25) is 0 Å². The van der Waals surface area contributed by atoms with Gasteiger partial charge in [-0.05, 0) is 63.5 Å². The summed E-state index contributed by atoms with van der Waals surface area (Å²) in [6.45, 7) is 3.48. The zero-order valence-corrected chi connectivity index (χ0v) is 13.2. The smallest absolute Gasteiger partial charge is 0.253 e. The predicted molar refractivity (Wildman–Crippen MR) is 86.4 cm³/mol. The third-order valence-corrected chi connectivity index (χ3v) is 4.13. The van der Waals surface area contributed by atoms with E-state index in [1.54, 1.807) is 0 Å². The number of benzene rings is 1. The number of piperidine rings is 1. The quantitative estimate of drug-likeness (QED) is 0.896. The summed E-state index contributed by atoms with van der Waals surface area (Å²) in [5.41, 5.74) is 7.53. The molecule has 1 amide bonds. The van der Waals surface area contributed by atoms with Gasteiger partial charge in [0.05, 0.1) is 0 Å². The summed E-state index contributed by atoms with van der Waals surface area (Å²) in [5, 5.41) is 0. The van der Waals surface area contributed by atoms with E-state index in [1.165, 1.54) is 0 Å². The second-order valence-corrected chi connectivity index (χ2v) is 6.24. The Balaban J connectivity index is 1.94. The summed E-state index contributed by atoms with van der Waals surface area (Å²) in [7, 11) is 4.22. The second kappa shape index (κ2) is 7.57. The molecule has 21 heavy (non-hydrogen) atoms. The molecule has 1 saturated heterocycles. The van der Waals surface area contributed by atoms with Gasteiger partial charge in [0, 0.05) is 25.2 Å². The van der Waals surface area contributed by atoms with Gasteiger partial charge in [-0.25, -0.2) is 0 Å². The largest absolute Gasteiger partial charge is 0.339 e. The lowest BCUT2D eigenvalue weighted by Gasteiger charge is -2.33. The lowest BCUT2D eigenvalue weighted by molar-refractivity contribution is 0.0678. The molecule has 2 rings (SSSR count). The van der Waals surface area contributed by atoms with Crippen molar-refractivity contribution in [3.63, 3.8) is 0 Å². The van der Waals surface area contributed by atoms with Gasteiger partial charge in [-0.3, -0.25) is 4.79 Å². The number of nitrogens with two attached hydrogens (primary N) is 1. The van der Waals surface area contributed by atoms with Crippen molar-refractivity contribution in [1.82, 2.24) is 9.80 Å². The number of likely N-dealkylation sites (tertiary alicyclic amines) is 1. The molecule has 0 atom stereocenters. The van der Waals surface area contributed by atoms with Crippen molar-refractivity contribution in [2.75, 3.05) is 40.3 Å². The number of nitrogens with zero attached hydrogens (tertiary/aromatic N) is 2. The maximum atomic E-state index is 12.6. The van der Waals surface area contributed by atoms with Crippen molar-refractivity contribution in [3.8, 4) is 0 Å². The molecule has 0 aliphatic carbocycles. The minimum Gasteiger partial charge on any atom is -0.339 e. The first kappa shape index (κ1) is 16.0. The third-order valence-electron chi connectivity index (χ3n) is 4.13. The summed E-state index contributed by atoms with van der Waals surface area (Å²) in [4.78, 5) is 16.8. The minimum absolute atomic E-state index is 0.164. The van der Waals surface area contributed by atoms with Crippen LogP contribution in [0.1, 0.15) is 28.8 Å². The summed E-state index contributed by atoms with van der Waals surface area (Å²) in [6.07, 6.45) is 3.03. The second-order valence-electron chi connectivity index (χ2n) is 6.24. The Hall–Kier alpha value is -1.39. The van der Waals surface area contributed by atoms with Gasteiger partial charge in [-0.1, -0.05) is 12.1 Å². The highest BCUT2D eigenvalue weighted by molar-refractivity contribution is 5.94. The Bertz CT molecular complexity index is 465. The molecule has 1 heterocycles. The molecule has 0 saturated carbocycles. The molecule has 4 heteroatoms. The Morgan fingerprint density at radius 3 is 2.67 bits per heavy atom. The van der Waals surface area contributed by atoms with Gasteiger partial charge in [0.2, 0.25) is 0 Å². The highest BCUT2D eigenvalue weighted by atomic mass is 16.2. The first-order valence-corrected chi connectivity index (χ1v) is 7.83. The van der Waals surface area contributed by atoms with Crippen LogP contribution in [-0.4, -0.2) is 56.0 Å². The highest BCUT2D eigenvalue weighted by Crippen LogP contribution is 2.20. The fourth-order valence-corrected chi connectivity index (χ4v) is 3.04. The van der Waals surface area contributed by atoms with Crippen molar-refractivity contribution in [2.45, 2.75) is 19.3 Å². The zero-order chi connectivity index (χ0) is 15.2. The van der Waals surface area contributed by atoms with Crippen molar-refractivity contribution in [1.29, 1.82) is 0 Å². The highest BCUT2D eigenvalue weighted by Gasteiger charge is 2.23. The standard InChI is InChI=1S/C17H27N3O/c1-19(2)13-15-7-10-20(11-8-15)17(21)16-5-3-4-14(12-16)6-9-18/h3-5,12,15H,6-11,13,18H2,1-2H3. The van der Waals surface area contributed by atoms with Crippen LogP contribution in [0.4, 0.5) is 0 Å². The van der Waals surface area contributed by atoms with Crippen LogP contribution >= 0.6 is 0 Å². The van der Waals surface area contributed by atoms with Gasteiger partial charge in [0.1, 0.15) is 0 Å². The van der Waals surface area contributed by atoms with E-state index in [1.807, 2.05) is 29.2 Å². The van der Waals surface area contributed by atoms with Gasteiger partial charge in [0.15, 0.2) is 0 Å².